The maximum Gasteiger partial charge on any atom is 0.233 e. The minimum atomic E-state index is -0.199. The Labute approximate surface area is 190 Å². The van der Waals surface area contributed by atoms with Gasteiger partial charge in [-0.25, -0.2) is 0 Å². The summed E-state index contributed by atoms with van der Waals surface area (Å²) >= 11 is 0. The Morgan fingerprint density at radius 2 is 1.84 bits per heavy atom. The Bertz CT molecular complexity index is 793. The van der Waals surface area contributed by atoms with Gasteiger partial charge in [0.2, 0.25) is 17.7 Å². The molecule has 3 fully saturated rings. The number of hydrogen-bond acceptors (Lipinski definition) is 6. The molecule has 1 unspecified atom stereocenters. The average molecular weight is 445 g/mol. The second-order valence-corrected chi connectivity index (χ2v) is 10.4. The van der Waals surface area contributed by atoms with Gasteiger partial charge in [0.1, 0.15) is 0 Å². The average Bonchev–Trinajstić information content (AvgIpc) is 3.19. The number of aromatic nitrogens is 2. The molecular formula is C24H36N4O4. The Balaban J connectivity index is 1.21. The fourth-order valence-electron chi connectivity index (χ4n) is 4.83. The van der Waals surface area contributed by atoms with Gasteiger partial charge in [-0.1, -0.05) is 20.8 Å². The molecule has 3 aliphatic rings. The van der Waals surface area contributed by atoms with Crippen LogP contribution in [-0.2, 0) is 19.7 Å². The molecule has 8 heteroatoms. The van der Waals surface area contributed by atoms with Crippen LogP contribution in [0, 0.1) is 11.8 Å². The third-order valence-electron chi connectivity index (χ3n) is 6.94. The highest BCUT2D eigenvalue weighted by Crippen LogP contribution is 2.28. The van der Waals surface area contributed by atoms with Gasteiger partial charge in [0.05, 0.1) is 18.2 Å². The molecule has 176 valence electrons. The number of carbonyl (C=O) groups is 2. The zero-order chi connectivity index (χ0) is 22.7. The molecule has 0 saturated carbocycles. The highest BCUT2D eigenvalue weighted by atomic mass is 16.5. The second-order valence-electron chi connectivity index (χ2n) is 10.4. The molecule has 0 N–H and O–H groups in total. The first-order valence-electron chi connectivity index (χ1n) is 11.9. The normalized spacial score (nSPS) is 23.6. The van der Waals surface area contributed by atoms with Gasteiger partial charge in [-0.3, -0.25) is 9.59 Å². The van der Waals surface area contributed by atoms with E-state index >= 15 is 0 Å². The third kappa shape index (κ3) is 5.39. The quantitative estimate of drug-likeness (QED) is 0.693. The van der Waals surface area contributed by atoms with Crippen molar-refractivity contribution in [2.45, 2.75) is 64.3 Å². The van der Waals surface area contributed by atoms with E-state index in [0.29, 0.717) is 44.6 Å². The molecule has 1 atom stereocenters. The first-order chi connectivity index (χ1) is 15.3. The Hall–Kier alpha value is -2.22. The molecule has 32 heavy (non-hydrogen) atoms. The maximum absolute atomic E-state index is 13.0. The van der Waals surface area contributed by atoms with Crippen LogP contribution in [0.1, 0.15) is 58.6 Å². The molecule has 0 radical (unpaired) electrons. The van der Waals surface area contributed by atoms with Gasteiger partial charge in [-0.05, 0) is 37.7 Å². The number of nitrogens with zero attached hydrogens (tertiary/aromatic N) is 4. The predicted molar refractivity (Wildman–Crippen MR) is 119 cm³/mol. The summed E-state index contributed by atoms with van der Waals surface area (Å²) in [7, 11) is 0. The lowest BCUT2D eigenvalue weighted by Crippen LogP contribution is -2.44. The standard InChI is InChI=1S/C24H36N4O4/c1-24(2,3)20-4-5-21(26-25-20)32-16-17-6-10-27(11-7-17)23(30)18-14-22(29)28(15-18)19-8-12-31-13-9-19/h4-5,17-19H,6-16H2,1-3H3. The van der Waals surface area contributed by atoms with Gasteiger partial charge in [-0.15, -0.1) is 5.10 Å². The zero-order valence-corrected chi connectivity index (χ0v) is 19.6. The van der Waals surface area contributed by atoms with Crippen LogP contribution in [0.25, 0.3) is 0 Å². The van der Waals surface area contributed by atoms with Gasteiger partial charge in [0.15, 0.2) is 0 Å². The molecule has 0 aliphatic carbocycles. The monoisotopic (exact) mass is 444 g/mol. The second kappa shape index (κ2) is 9.73. The van der Waals surface area contributed by atoms with E-state index in [2.05, 4.69) is 31.0 Å². The van der Waals surface area contributed by atoms with E-state index in [1.807, 2.05) is 21.9 Å². The summed E-state index contributed by atoms with van der Waals surface area (Å²) in [6, 6.07) is 4.08. The Morgan fingerprint density at radius 3 is 2.47 bits per heavy atom. The Kier molecular flexibility index (Phi) is 6.98. The minimum absolute atomic E-state index is 0.0311. The van der Waals surface area contributed by atoms with Crippen LogP contribution < -0.4 is 4.74 Å². The summed E-state index contributed by atoms with van der Waals surface area (Å²) < 4.78 is 11.3. The van der Waals surface area contributed by atoms with Crippen molar-refractivity contribution >= 4 is 11.8 Å². The molecule has 0 aromatic carbocycles. The predicted octanol–water partition coefficient (Wildman–Crippen LogP) is 2.42. The van der Waals surface area contributed by atoms with Crippen LogP contribution in [0.15, 0.2) is 12.1 Å². The van der Waals surface area contributed by atoms with Crippen molar-refractivity contribution in [2.24, 2.45) is 11.8 Å². The molecule has 3 aliphatic heterocycles. The lowest BCUT2D eigenvalue weighted by molar-refractivity contribution is -0.137. The largest absolute Gasteiger partial charge is 0.476 e. The number of hydrogen-bond donors (Lipinski definition) is 0. The SMILES string of the molecule is CC(C)(C)c1ccc(OCC2CCN(C(=O)C3CC(=O)N(C4CCOCC4)C3)CC2)nn1. The summed E-state index contributed by atoms with van der Waals surface area (Å²) in [5.74, 6) is 1.00. The molecule has 1 aromatic heterocycles. The van der Waals surface area contributed by atoms with Gasteiger partial charge in [-0.2, -0.15) is 5.10 Å². The van der Waals surface area contributed by atoms with Crippen LogP contribution in [0.5, 0.6) is 5.88 Å². The third-order valence-corrected chi connectivity index (χ3v) is 6.94. The Morgan fingerprint density at radius 1 is 1.12 bits per heavy atom. The van der Waals surface area contributed by atoms with Crippen molar-refractivity contribution in [3.05, 3.63) is 17.8 Å². The van der Waals surface area contributed by atoms with Crippen molar-refractivity contribution in [1.82, 2.24) is 20.0 Å². The van der Waals surface area contributed by atoms with Crippen molar-refractivity contribution in [2.75, 3.05) is 39.5 Å². The van der Waals surface area contributed by atoms with Crippen molar-refractivity contribution in [1.29, 1.82) is 0 Å². The van der Waals surface area contributed by atoms with Gasteiger partial charge in [0.25, 0.3) is 0 Å². The molecule has 3 saturated heterocycles. The number of piperidine rings is 1. The molecule has 2 amide bonds. The minimum Gasteiger partial charge on any atom is -0.476 e. The highest BCUT2D eigenvalue weighted by molar-refractivity contribution is 5.89. The van der Waals surface area contributed by atoms with Crippen molar-refractivity contribution in [3.8, 4) is 5.88 Å². The van der Waals surface area contributed by atoms with E-state index in [0.717, 1.165) is 44.5 Å². The summed E-state index contributed by atoms with van der Waals surface area (Å²) in [6.45, 7) is 10.3. The van der Waals surface area contributed by atoms with Crippen LogP contribution in [-0.4, -0.2) is 77.3 Å². The summed E-state index contributed by atoms with van der Waals surface area (Å²) in [6.07, 6.45) is 3.92. The summed E-state index contributed by atoms with van der Waals surface area (Å²) in [5, 5.41) is 8.47. The fourth-order valence-corrected chi connectivity index (χ4v) is 4.83. The van der Waals surface area contributed by atoms with E-state index in [9.17, 15) is 9.59 Å². The molecule has 0 spiro atoms. The van der Waals surface area contributed by atoms with Gasteiger partial charge >= 0.3 is 0 Å². The first kappa shape index (κ1) is 23.0. The fraction of sp³-hybridized carbons (Fsp3) is 0.750. The van der Waals surface area contributed by atoms with E-state index in [1.165, 1.54) is 0 Å². The molecule has 4 heterocycles. The molecule has 8 nitrogen and oxygen atoms in total. The van der Waals surface area contributed by atoms with Gasteiger partial charge in [0, 0.05) is 56.8 Å². The number of carbonyl (C=O) groups excluding carboxylic acids is 2. The molecular weight excluding hydrogens is 408 g/mol. The van der Waals surface area contributed by atoms with E-state index in [4.69, 9.17) is 9.47 Å². The number of ether oxygens (including phenoxy) is 2. The van der Waals surface area contributed by atoms with Crippen LogP contribution in [0.2, 0.25) is 0 Å². The maximum atomic E-state index is 13.0. The summed E-state index contributed by atoms with van der Waals surface area (Å²) in [5.41, 5.74) is 0.911. The zero-order valence-electron chi connectivity index (χ0n) is 19.6. The summed E-state index contributed by atoms with van der Waals surface area (Å²) in [4.78, 5) is 29.4. The smallest absolute Gasteiger partial charge is 0.233 e. The lowest BCUT2D eigenvalue weighted by Gasteiger charge is -2.34. The van der Waals surface area contributed by atoms with Crippen LogP contribution >= 0.6 is 0 Å². The van der Waals surface area contributed by atoms with Crippen LogP contribution in [0.3, 0.4) is 0 Å². The van der Waals surface area contributed by atoms with Crippen molar-refractivity contribution < 1.29 is 19.1 Å². The highest BCUT2D eigenvalue weighted by Gasteiger charge is 2.40. The van der Waals surface area contributed by atoms with E-state index < -0.39 is 0 Å². The number of amides is 2. The van der Waals surface area contributed by atoms with Gasteiger partial charge < -0.3 is 19.3 Å². The van der Waals surface area contributed by atoms with Crippen LogP contribution in [0.4, 0.5) is 0 Å². The molecule has 4 rings (SSSR count). The van der Waals surface area contributed by atoms with E-state index in [1.54, 1.807) is 0 Å². The first-order valence-corrected chi connectivity index (χ1v) is 11.9. The van der Waals surface area contributed by atoms with Crippen molar-refractivity contribution in [3.63, 3.8) is 0 Å². The molecule has 1 aromatic rings. The lowest BCUT2D eigenvalue weighted by atomic mass is 9.92. The number of rotatable bonds is 5. The van der Waals surface area contributed by atoms with E-state index in [-0.39, 0.29) is 29.2 Å². The number of likely N-dealkylation sites (tertiary alicyclic amines) is 2. The topological polar surface area (TPSA) is 84.9 Å². The molecule has 0 bridgehead atoms.